The number of nitrogens with one attached hydrogen (secondary N) is 1. The summed E-state index contributed by atoms with van der Waals surface area (Å²) in [6.45, 7) is 9.32. The van der Waals surface area contributed by atoms with Gasteiger partial charge >= 0.3 is 0 Å². The first-order chi connectivity index (χ1) is 8.65. The van der Waals surface area contributed by atoms with E-state index in [4.69, 9.17) is 9.47 Å². The number of rotatable bonds is 11. The van der Waals surface area contributed by atoms with Gasteiger partial charge in [0.05, 0.1) is 19.8 Å². The maximum Gasteiger partial charge on any atom is 0.161 e. The molecule has 0 radical (unpaired) electrons. The van der Waals surface area contributed by atoms with E-state index < -0.39 is 0 Å². The predicted octanol–water partition coefficient (Wildman–Crippen LogP) is 1.63. The van der Waals surface area contributed by atoms with Crippen molar-refractivity contribution in [1.29, 1.82) is 0 Å². The third-order valence-corrected chi connectivity index (χ3v) is 3.49. The standard InChI is InChI=1S/C14H27NO3/c1-4-12(3)15-5-6-17-7-8-18-10-14(16)13-9-11(13)2/h11-13,15H,4-10H2,1-3H3. The molecule has 0 heterocycles. The first-order valence-corrected chi connectivity index (χ1v) is 7.06. The fraction of sp³-hybridized carbons (Fsp3) is 0.929. The molecule has 4 nitrogen and oxygen atoms in total. The van der Waals surface area contributed by atoms with Crippen molar-refractivity contribution < 1.29 is 14.3 Å². The Bertz CT molecular complexity index is 245. The van der Waals surface area contributed by atoms with Crippen LogP contribution in [-0.2, 0) is 14.3 Å². The zero-order valence-corrected chi connectivity index (χ0v) is 11.9. The van der Waals surface area contributed by atoms with Crippen molar-refractivity contribution in [3.05, 3.63) is 0 Å². The van der Waals surface area contributed by atoms with E-state index in [1.54, 1.807) is 0 Å². The Morgan fingerprint density at radius 1 is 1.33 bits per heavy atom. The van der Waals surface area contributed by atoms with Gasteiger partial charge in [-0.3, -0.25) is 4.79 Å². The van der Waals surface area contributed by atoms with Crippen molar-refractivity contribution in [3.63, 3.8) is 0 Å². The Morgan fingerprint density at radius 2 is 2.00 bits per heavy atom. The molecule has 1 aliphatic carbocycles. The smallest absolute Gasteiger partial charge is 0.161 e. The van der Waals surface area contributed by atoms with Gasteiger partial charge in [0.15, 0.2) is 5.78 Å². The molecule has 1 rings (SSSR count). The molecule has 3 unspecified atom stereocenters. The van der Waals surface area contributed by atoms with Crippen LogP contribution in [0.3, 0.4) is 0 Å². The molecule has 1 N–H and O–H groups in total. The van der Waals surface area contributed by atoms with Gasteiger partial charge in [-0.2, -0.15) is 0 Å². The van der Waals surface area contributed by atoms with Gasteiger partial charge in [-0.05, 0) is 25.7 Å². The van der Waals surface area contributed by atoms with Crippen molar-refractivity contribution in [1.82, 2.24) is 5.32 Å². The molecule has 0 bridgehead atoms. The number of hydrogen-bond acceptors (Lipinski definition) is 4. The summed E-state index contributed by atoms with van der Waals surface area (Å²) in [5, 5.41) is 3.35. The summed E-state index contributed by atoms with van der Waals surface area (Å²) in [6.07, 6.45) is 2.17. The highest BCUT2D eigenvalue weighted by atomic mass is 16.5. The Labute approximate surface area is 110 Å². The number of carbonyl (C=O) groups excluding carboxylic acids is 1. The van der Waals surface area contributed by atoms with Gasteiger partial charge in [0, 0.05) is 18.5 Å². The lowest BCUT2D eigenvalue weighted by Gasteiger charge is -2.11. The molecule has 0 aliphatic heterocycles. The zero-order valence-electron chi connectivity index (χ0n) is 11.9. The summed E-state index contributed by atoms with van der Waals surface area (Å²) in [5.41, 5.74) is 0. The quantitative estimate of drug-likeness (QED) is 0.572. The molecule has 106 valence electrons. The number of hydrogen-bond donors (Lipinski definition) is 1. The topological polar surface area (TPSA) is 47.6 Å². The fourth-order valence-corrected chi connectivity index (χ4v) is 1.79. The second-order valence-electron chi connectivity index (χ2n) is 5.21. The van der Waals surface area contributed by atoms with Crippen LogP contribution in [0.5, 0.6) is 0 Å². The molecular weight excluding hydrogens is 230 g/mol. The van der Waals surface area contributed by atoms with Crippen LogP contribution in [0.4, 0.5) is 0 Å². The van der Waals surface area contributed by atoms with E-state index in [0.717, 1.165) is 19.4 Å². The van der Waals surface area contributed by atoms with Crippen LogP contribution in [0.15, 0.2) is 0 Å². The van der Waals surface area contributed by atoms with E-state index in [2.05, 4.69) is 26.1 Å². The highest BCUT2D eigenvalue weighted by molar-refractivity contribution is 5.84. The van der Waals surface area contributed by atoms with Crippen molar-refractivity contribution in [2.24, 2.45) is 11.8 Å². The lowest BCUT2D eigenvalue weighted by molar-refractivity contribution is -0.125. The van der Waals surface area contributed by atoms with Gasteiger partial charge < -0.3 is 14.8 Å². The minimum Gasteiger partial charge on any atom is -0.378 e. The molecule has 4 heteroatoms. The van der Waals surface area contributed by atoms with Crippen LogP contribution >= 0.6 is 0 Å². The van der Waals surface area contributed by atoms with Crippen molar-refractivity contribution in [2.45, 2.75) is 39.7 Å². The maximum absolute atomic E-state index is 11.5. The van der Waals surface area contributed by atoms with Crippen LogP contribution in [-0.4, -0.2) is 44.8 Å². The molecule has 0 spiro atoms. The SMILES string of the molecule is CCC(C)NCCOCCOCC(=O)C1CC1C. The second kappa shape index (κ2) is 8.62. The van der Waals surface area contributed by atoms with Crippen molar-refractivity contribution >= 4 is 5.78 Å². The summed E-state index contributed by atoms with van der Waals surface area (Å²) in [4.78, 5) is 11.5. The van der Waals surface area contributed by atoms with E-state index in [-0.39, 0.29) is 18.3 Å². The number of ether oxygens (including phenoxy) is 2. The van der Waals surface area contributed by atoms with E-state index in [1.807, 2.05) is 0 Å². The minimum atomic E-state index is 0.251. The molecule has 1 fully saturated rings. The summed E-state index contributed by atoms with van der Waals surface area (Å²) >= 11 is 0. The minimum absolute atomic E-state index is 0.251. The van der Waals surface area contributed by atoms with Gasteiger partial charge in [-0.1, -0.05) is 13.8 Å². The Hall–Kier alpha value is -0.450. The normalized spacial score (nSPS) is 23.9. The lowest BCUT2D eigenvalue weighted by atomic mass is 10.2. The first kappa shape index (κ1) is 15.6. The van der Waals surface area contributed by atoms with Gasteiger partial charge in [-0.15, -0.1) is 0 Å². The van der Waals surface area contributed by atoms with E-state index in [1.165, 1.54) is 0 Å². The fourth-order valence-electron chi connectivity index (χ4n) is 1.79. The number of ketones is 1. The summed E-state index contributed by atoms with van der Waals surface area (Å²) in [7, 11) is 0. The summed E-state index contributed by atoms with van der Waals surface area (Å²) in [6, 6.07) is 0.544. The van der Waals surface area contributed by atoms with E-state index in [9.17, 15) is 4.79 Å². The third-order valence-electron chi connectivity index (χ3n) is 3.49. The van der Waals surface area contributed by atoms with Crippen molar-refractivity contribution in [2.75, 3.05) is 33.0 Å². The average Bonchev–Trinajstić information content (AvgIpc) is 3.09. The van der Waals surface area contributed by atoms with Crippen LogP contribution in [0, 0.1) is 11.8 Å². The second-order valence-corrected chi connectivity index (χ2v) is 5.21. The molecule has 1 saturated carbocycles. The maximum atomic E-state index is 11.5. The average molecular weight is 257 g/mol. The summed E-state index contributed by atoms with van der Waals surface area (Å²) in [5.74, 6) is 1.09. The van der Waals surface area contributed by atoms with Crippen LogP contribution in [0.25, 0.3) is 0 Å². The molecule has 0 aromatic rings. The Morgan fingerprint density at radius 3 is 2.61 bits per heavy atom. The molecule has 0 saturated heterocycles. The predicted molar refractivity (Wildman–Crippen MR) is 71.7 cm³/mol. The van der Waals surface area contributed by atoms with Gasteiger partial charge in [-0.25, -0.2) is 0 Å². The third kappa shape index (κ3) is 6.47. The van der Waals surface area contributed by atoms with Gasteiger partial charge in [0.2, 0.25) is 0 Å². The van der Waals surface area contributed by atoms with E-state index in [0.29, 0.717) is 31.8 Å². The molecule has 18 heavy (non-hydrogen) atoms. The lowest BCUT2D eigenvalue weighted by Crippen LogP contribution is -2.29. The highest BCUT2D eigenvalue weighted by Gasteiger charge is 2.38. The number of Topliss-reactive ketones (excluding diaryl/α,β-unsaturated/α-hetero) is 1. The highest BCUT2D eigenvalue weighted by Crippen LogP contribution is 2.38. The van der Waals surface area contributed by atoms with Crippen LogP contribution in [0.1, 0.15) is 33.6 Å². The van der Waals surface area contributed by atoms with Gasteiger partial charge in [0.1, 0.15) is 6.61 Å². The monoisotopic (exact) mass is 257 g/mol. The van der Waals surface area contributed by atoms with Crippen LogP contribution in [0.2, 0.25) is 0 Å². The van der Waals surface area contributed by atoms with E-state index >= 15 is 0 Å². The largest absolute Gasteiger partial charge is 0.378 e. The van der Waals surface area contributed by atoms with Crippen molar-refractivity contribution in [3.8, 4) is 0 Å². The molecule has 0 aromatic heterocycles. The van der Waals surface area contributed by atoms with Gasteiger partial charge in [0.25, 0.3) is 0 Å². The first-order valence-electron chi connectivity index (χ1n) is 7.06. The molecule has 0 amide bonds. The number of carbonyl (C=O) groups is 1. The van der Waals surface area contributed by atoms with Crippen LogP contribution < -0.4 is 5.32 Å². The molecule has 3 atom stereocenters. The Kier molecular flexibility index (Phi) is 7.47. The Balaban J connectivity index is 1.80. The zero-order chi connectivity index (χ0) is 13.4. The summed E-state index contributed by atoms with van der Waals surface area (Å²) < 4.78 is 10.7. The molecule has 0 aromatic carbocycles. The molecule has 1 aliphatic rings. The molecular formula is C14H27NO3.